The minimum absolute atomic E-state index is 0.332. The van der Waals surface area contributed by atoms with E-state index >= 15 is 0 Å². The molecule has 0 aliphatic carbocycles. The van der Waals surface area contributed by atoms with Crippen LogP contribution in [0.4, 0.5) is 0 Å². The largest absolute Gasteiger partial charge is 0.364 e. The summed E-state index contributed by atoms with van der Waals surface area (Å²) in [5.74, 6) is -1.21. The van der Waals surface area contributed by atoms with E-state index in [1.165, 1.54) is 6.92 Å². The molecule has 0 spiro atoms. The number of nitrogens with one attached hydrogen (secondary N) is 2. The highest BCUT2D eigenvalue weighted by molar-refractivity contribution is 6.39. The lowest BCUT2D eigenvalue weighted by Gasteiger charge is -2.13. The summed E-state index contributed by atoms with van der Waals surface area (Å²) in [5.41, 5.74) is 11.4. The molecule has 1 aromatic rings. The SMILES string of the molecule is CC(NC(=O)c1ccc(CN)cc1)C(=N)C(N)=O. The topological polar surface area (TPSA) is 122 Å². The summed E-state index contributed by atoms with van der Waals surface area (Å²) in [6, 6.07) is 6.05. The van der Waals surface area contributed by atoms with Gasteiger partial charge in [-0.05, 0) is 24.6 Å². The summed E-state index contributed by atoms with van der Waals surface area (Å²) >= 11 is 0. The van der Waals surface area contributed by atoms with Crippen LogP contribution in [0, 0.1) is 5.41 Å². The smallest absolute Gasteiger partial charge is 0.264 e. The number of rotatable bonds is 5. The van der Waals surface area contributed by atoms with Gasteiger partial charge in [0.25, 0.3) is 11.8 Å². The molecular weight excluding hydrogens is 232 g/mol. The highest BCUT2D eigenvalue weighted by Gasteiger charge is 2.17. The van der Waals surface area contributed by atoms with Gasteiger partial charge in [-0.2, -0.15) is 0 Å². The molecule has 6 heteroatoms. The van der Waals surface area contributed by atoms with Gasteiger partial charge in [0.15, 0.2) is 0 Å². The van der Waals surface area contributed by atoms with Crippen LogP contribution in [0.3, 0.4) is 0 Å². The van der Waals surface area contributed by atoms with Crippen LogP contribution in [0.5, 0.6) is 0 Å². The van der Waals surface area contributed by atoms with Crippen LogP contribution in [0.1, 0.15) is 22.8 Å². The van der Waals surface area contributed by atoms with E-state index in [1.54, 1.807) is 24.3 Å². The van der Waals surface area contributed by atoms with Crippen molar-refractivity contribution in [2.75, 3.05) is 0 Å². The zero-order chi connectivity index (χ0) is 13.7. The summed E-state index contributed by atoms with van der Waals surface area (Å²) in [7, 11) is 0. The molecule has 0 aliphatic heterocycles. The Morgan fingerprint density at radius 1 is 1.33 bits per heavy atom. The molecule has 0 radical (unpaired) electrons. The maximum Gasteiger partial charge on any atom is 0.264 e. The third-order valence-electron chi connectivity index (χ3n) is 2.50. The van der Waals surface area contributed by atoms with Gasteiger partial charge in [0.05, 0.1) is 6.04 Å². The molecule has 0 saturated carbocycles. The highest BCUT2D eigenvalue weighted by Crippen LogP contribution is 2.04. The van der Waals surface area contributed by atoms with Gasteiger partial charge >= 0.3 is 0 Å². The molecule has 1 atom stereocenters. The van der Waals surface area contributed by atoms with Crippen molar-refractivity contribution in [1.29, 1.82) is 5.41 Å². The Balaban J connectivity index is 2.70. The number of amides is 2. The fourth-order valence-electron chi connectivity index (χ4n) is 1.36. The van der Waals surface area contributed by atoms with Gasteiger partial charge in [0.1, 0.15) is 5.71 Å². The third kappa shape index (κ3) is 3.39. The summed E-state index contributed by atoms with van der Waals surface area (Å²) in [4.78, 5) is 22.6. The number of benzene rings is 1. The van der Waals surface area contributed by atoms with Gasteiger partial charge < -0.3 is 16.8 Å². The van der Waals surface area contributed by atoms with E-state index in [-0.39, 0.29) is 11.6 Å². The number of carbonyl (C=O) groups excluding carboxylic acids is 2. The fourth-order valence-corrected chi connectivity index (χ4v) is 1.36. The molecular formula is C12H16N4O2. The first-order chi connectivity index (χ1) is 8.45. The van der Waals surface area contributed by atoms with Crippen molar-refractivity contribution >= 4 is 17.5 Å². The van der Waals surface area contributed by atoms with E-state index in [0.29, 0.717) is 12.1 Å². The van der Waals surface area contributed by atoms with E-state index in [4.69, 9.17) is 16.9 Å². The van der Waals surface area contributed by atoms with E-state index in [0.717, 1.165) is 5.56 Å². The number of nitrogens with two attached hydrogens (primary N) is 2. The number of hydrogen-bond donors (Lipinski definition) is 4. The van der Waals surface area contributed by atoms with Crippen LogP contribution < -0.4 is 16.8 Å². The van der Waals surface area contributed by atoms with Crippen LogP contribution in [0.15, 0.2) is 24.3 Å². The quantitative estimate of drug-likeness (QED) is 0.538. The average Bonchev–Trinajstić information content (AvgIpc) is 2.37. The van der Waals surface area contributed by atoms with E-state index in [9.17, 15) is 9.59 Å². The van der Waals surface area contributed by atoms with Gasteiger partial charge in [0, 0.05) is 12.1 Å². The Morgan fingerprint density at radius 2 is 1.89 bits per heavy atom. The maximum absolute atomic E-state index is 11.8. The second kappa shape index (κ2) is 5.92. The Hall–Kier alpha value is -2.21. The monoisotopic (exact) mass is 248 g/mol. The van der Waals surface area contributed by atoms with Crippen molar-refractivity contribution < 1.29 is 9.59 Å². The number of primary amides is 1. The van der Waals surface area contributed by atoms with Crippen molar-refractivity contribution in [2.45, 2.75) is 19.5 Å². The minimum Gasteiger partial charge on any atom is -0.364 e. The summed E-state index contributed by atoms with van der Waals surface area (Å²) in [6.45, 7) is 1.93. The van der Waals surface area contributed by atoms with Crippen molar-refractivity contribution in [1.82, 2.24) is 5.32 Å². The van der Waals surface area contributed by atoms with Crippen LogP contribution >= 0.6 is 0 Å². The number of hydrogen-bond acceptors (Lipinski definition) is 4. The first kappa shape index (κ1) is 13.9. The van der Waals surface area contributed by atoms with Crippen LogP contribution in [-0.4, -0.2) is 23.6 Å². The average molecular weight is 248 g/mol. The van der Waals surface area contributed by atoms with E-state index in [1.807, 2.05) is 0 Å². The molecule has 0 bridgehead atoms. The molecule has 96 valence electrons. The zero-order valence-electron chi connectivity index (χ0n) is 10.1. The van der Waals surface area contributed by atoms with Crippen molar-refractivity contribution in [3.63, 3.8) is 0 Å². The molecule has 1 aromatic carbocycles. The molecule has 0 fully saturated rings. The van der Waals surface area contributed by atoms with Gasteiger partial charge in [-0.15, -0.1) is 0 Å². The first-order valence-electron chi connectivity index (χ1n) is 5.43. The maximum atomic E-state index is 11.8. The second-order valence-corrected chi connectivity index (χ2v) is 3.87. The van der Waals surface area contributed by atoms with Crippen LogP contribution in [0.2, 0.25) is 0 Å². The molecule has 6 N–H and O–H groups in total. The predicted molar refractivity (Wildman–Crippen MR) is 68.2 cm³/mol. The predicted octanol–water partition coefficient (Wildman–Crippen LogP) is -0.231. The fraction of sp³-hybridized carbons (Fsp3) is 0.250. The summed E-state index contributed by atoms with van der Waals surface area (Å²) < 4.78 is 0. The number of carbonyl (C=O) groups is 2. The van der Waals surface area contributed by atoms with Gasteiger partial charge in [-0.1, -0.05) is 12.1 Å². The molecule has 1 unspecified atom stereocenters. The Kier molecular flexibility index (Phi) is 4.56. The highest BCUT2D eigenvalue weighted by atomic mass is 16.2. The van der Waals surface area contributed by atoms with Crippen molar-refractivity contribution in [3.05, 3.63) is 35.4 Å². The first-order valence-corrected chi connectivity index (χ1v) is 5.43. The Morgan fingerprint density at radius 3 is 2.33 bits per heavy atom. The zero-order valence-corrected chi connectivity index (χ0v) is 10.1. The van der Waals surface area contributed by atoms with Crippen molar-refractivity contribution in [3.8, 4) is 0 Å². The molecule has 18 heavy (non-hydrogen) atoms. The normalized spacial score (nSPS) is 11.7. The minimum atomic E-state index is -0.846. The molecule has 2 amide bonds. The Labute approximate surface area is 105 Å². The van der Waals surface area contributed by atoms with E-state index < -0.39 is 11.9 Å². The van der Waals surface area contributed by atoms with Crippen LogP contribution in [0.25, 0.3) is 0 Å². The molecule has 0 aliphatic rings. The second-order valence-electron chi connectivity index (χ2n) is 3.87. The van der Waals surface area contributed by atoms with E-state index in [2.05, 4.69) is 5.32 Å². The van der Waals surface area contributed by atoms with Crippen molar-refractivity contribution in [2.24, 2.45) is 11.5 Å². The van der Waals surface area contributed by atoms with Gasteiger partial charge in [-0.3, -0.25) is 15.0 Å². The van der Waals surface area contributed by atoms with Gasteiger partial charge in [-0.25, -0.2) is 0 Å². The molecule has 0 aromatic heterocycles. The standard InChI is InChI=1S/C12H16N4O2/c1-7(10(14)11(15)17)16-12(18)9-4-2-8(6-13)3-5-9/h2-5,7,14H,6,13H2,1H3,(H2,15,17)(H,16,18). The lowest BCUT2D eigenvalue weighted by molar-refractivity contribution is -0.112. The Bertz CT molecular complexity index is 467. The van der Waals surface area contributed by atoms with Crippen LogP contribution in [-0.2, 0) is 11.3 Å². The molecule has 0 saturated heterocycles. The summed E-state index contributed by atoms with van der Waals surface area (Å²) in [6.07, 6.45) is 0. The molecule has 6 nitrogen and oxygen atoms in total. The van der Waals surface area contributed by atoms with Gasteiger partial charge in [0.2, 0.25) is 0 Å². The molecule has 0 heterocycles. The lowest BCUT2D eigenvalue weighted by Crippen LogP contribution is -2.43. The lowest BCUT2D eigenvalue weighted by atomic mass is 10.1. The molecule has 1 rings (SSSR count). The summed E-state index contributed by atoms with van der Waals surface area (Å²) in [5, 5.41) is 9.88. The third-order valence-corrected chi connectivity index (χ3v) is 2.50.